The summed E-state index contributed by atoms with van der Waals surface area (Å²) in [7, 11) is 0. The minimum Gasteiger partial charge on any atom is -0.480 e. The Hall–Kier alpha value is -1.71. The fourth-order valence-corrected chi connectivity index (χ4v) is 0.805. The Bertz CT molecular complexity index is 288. The molecule has 0 rings (SSSR count). The molecule has 0 fully saturated rings. The third-order valence-electron chi connectivity index (χ3n) is 2.05. The smallest absolute Gasteiger partial charge is 0.320 e. The normalized spacial score (nSPS) is 14.5. The molecule has 0 aromatic carbocycles. The Kier molecular flexibility index (Phi) is 10.6. The van der Waals surface area contributed by atoms with Crippen LogP contribution in [0, 0.1) is 0 Å². The summed E-state index contributed by atoms with van der Waals surface area (Å²) in [5, 5.41) is 24.6. The first-order valence-corrected chi connectivity index (χ1v) is 5.54. The highest BCUT2D eigenvalue weighted by atomic mass is 16.4. The molecule has 0 aliphatic heterocycles. The molecular weight excluding hydrogens is 258 g/mol. The third kappa shape index (κ3) is 12.5. The van der Waals surface area contributed by atoms with E-state index in [-0.39, 0.29) is 12.8 Å². The number of rotatable bonds is 7. The number of carboxylic acids is 3. The Balaban J connectivity index is 0. The number of carboxylic acid groups (broad SMARTS) is 3. The van der Waals surface area contributed by atoms with E-state index in [1.807, 2.05) is 0 Å². The average molecular weight is 279 g/mol. The van der Waals surface area contributed by atoms with Gasteiger partial charge < -0.3 is 32.5 Å². The maximum atomic E-state index is 10.2. The van der Waals surface area contributed by atoms with Crippen molar-refractivity contribution in [2.45, 2.75) is 44.3 Å². The van der Waals surface area contributed by atoms with Crippen molar-refractivity contribution in [1.82, 2.24) is 0 Å². The molecule has 9 nitrogen and oxygen atoms in total. The lowest BCUT2D eigenvalue weighted by molar-refractivity contribution is -0.139. The van der Waals surface area contributed by atoms with Crippen molar-refractivity contribution < 1.29 is 29.7 Å². The molecule has 0 bridgehead atoms. The van der Waals surface area contributed by atoms with Gasteiger partial charge in [0.1, 0.15) is 18.1 Å². The van der Waals surface area contributed by atoms with Crippen molar-refractivity contribution in [3.63, 3.8) is 0 Å². The van der Waals surface area contributed by atoms with Crippen molar-refractivity contribution in [2.75, 3.05) is 0 Å². The van der Waals surface area contributed by atoms with E-state index in [4.69, 9.17) is 32.5 Å². The molecule has 19 heavy (non-hydrogen) atoms. The first kappa shape index (κ1) is 19.6. The van der Waals surface area contributed by atoms with Crippen LogP contribution in [0.2, 0.25) is 0 Å². The molecule has 3 atom stereocenters. The highest BCUT2D eigenvalue weighted by molar-refractivity contribution is 5.73. The topological polar surface area (TPSA) is 190 Å². The van der Waals surface area contributed by atoms with Crippen molar-refractivity contribution in [3.05, 3.63) is 0 Å². The third-order valence-corrected chi connectivity index (χ3v) is 2.05. The zero-order valence-corrected chi connectivity index (χ0v) is 10.7. The molecule has 0 aliphatic rings. The van der Waals surface area contributed by atoms with Crippen LogP contribution in [0.3, 0.4) is 0 Å². The molecule has 0 heterocycles. The molecule has 0 aromatic rings. The monoisotopic (exact) mass is 279 g/mol. The summed E-state index contributed by atoms with van der Waals surface area (Å²) in [6, 6.07) is -2.59. The molecule has 9 heteroatoms. The van der Waals surface area contributed by atoms with Gasteiger partial charge in [0.2, 0.25) is 0 Å². The van der Waals surface area contributed by atoms with E-state index < -0.39 is 36.0 Å². The molecule has 0 aliphatic carbocycles. The summed E-state index contributed by atoms with van der Waals surface area (Å²) in [5.74, 6) is -3.12. The lowest BCUT2D eigenvalue weighted by Crippen LogP contribution is -2.33. The van der Waals surface area contributed by atoms with Crippen molar-refractivity contribution in [1.29, 1.82) is 0 Å². The second-order valence-electron chi connectivity index (χ2n) is 3.95. The molecule has 0 saturated heterocycles. The average Bonchev–Trinajstić information content (AvgIpc) is 2.28. The Morgan fingerprint density at radius 3 is 1.26 bits per heavy atom. The summed E-state index contributed by atoms with van der Waals surface area (Å²) in [4.78, 5) is 30.0. The predicted octanol–water partition coefficient (Wildman–Crippen LogP) is -1.60. The SMILES string of the molecule is C[C@@H](N)C(=O)O.N[C@H](CCC[C@H](N)C(=O)O)C(=O)O. The summed E-state index contributed by atoms with van der Waals surface area (Å²) >= 11 is 0. The first-order chi connectivity index (χ1) is 8.59. The predicted molar refractivity (Wildman–Crippen MR) is 66.4 cm³/mol. The summed E-state index contributed by atoms with van der Waals surface area (Å²) in [6.45, 7) is 1.42. The van der Waals surface area contributed by atoms with Crippen LogP contribution in [0.5, 0.6) is 0 Å². The quantitative estimate of drug-likeness (QED) is 0.318. The van der Waals surface area contributed by atoms with E-state index in [1.54, 1.807) is 0 Å². The van der Waals surface area contributed by atoms with E-state index in [2.05, 4.69) is 0 Å². The van der Waals surface area contributed by atoms with E-state index in [9.17, 15) is 14.4 Å². The lowest BCUT2D eigenvalue weighted by Gasteiger charge is -2.07. The highest BCUT2D eigenvalue weighted by Gasteiger charge is 2.14. The van der Waals surface area contributed by atoms with Gasteiger partial charge in [-0.3, -0.25) is 14.4 Å². The number of nitrogens with two attached hydrogens (primary N) is 3. The van der Waals surface area contributed by atoms with Crippen LogP contribution < -0.4 is 17.2 Å². The molecule has 9 N–H and O–H groups in total. The van der Waals surface area contributed by atoms with E-state index in [0.29, 0.717) is 6.42 Å². The summed E-state index contributed by atoms with van der Waals surface area (Å²) in [6.07, 6.45) is 0.896. The van der Waals surface area contributed by atoms with Gasteiger partial charge in [-0.1, -0.05) is 0 Å². The fourth-order valence-electron chi connectivity index (χ4n) is 0.805. The number of hydrogen-bond donors (Lipinski definition) is 6. The van der Waals surface area contributed by atoms with Crippen LogP contribution in [0.25, 0.3) is 0 Å². The standard InChI is InChI=1S/C7H14N2O4.C3H7NO2/c8-4(6(10)11)2-1-3-5(9)7(12)13;1-2(4)3(5)6/h4-5H,1-3,8-9H2,(H,10,11)(H,12,13);2H,4H2,1H3,(H,5,6)/t4-,5+;2-/m.1/s1. The largest absolute Gasteiger partial charge is 0.480 e. The van der Waals surface area contributed by atoms with E-state index in [0.717, 1.165) is 0 Å². The van der Waals surface area contributed by atoms with Gasteiger partial charge in [-0.25, -0.2) is 0 Å². The van der Waals surface area contributed by atoms with Crippen molar-refractivity contribution >= 4 is 17.9 Å². The van der Waals surface area contributed by atoms with E-state index >= 15 is 0 Å². The van der Waals surface area contributed by atoms with Crippen LogP contribution in [0.4, 0.5) is 0 Å². The molecule has 0 amide bonds. The Labute approximate surface area is 110 Å². The molecular formula is C10H21N3O6. The maximum absolute atomic E-state index is 10.2. The van der Waals surface area contributed by atoms with Crippen LogP contribution in [0.1, 0.15) is 26.2 Å². The fraction of sp³-hybridized carbons (Fsp3) is 0.700. The number of hydrogen-bond acceptors (Lipinski definition) is 6. The number of carbonyl (C=O) groups is 3. The van der Waals surface area contributed by atoms with Crippen LogP contribution >= 0.6 is 0 Å². The van der Waals surface area contributed by atoms with Gasteiger partial charge in [-0.05, 0) is 26.2 Å². The second kappa shape index (κ2) is 10.2. The Morgan fingerprint density at radius 1 is 0.842 bits per heavy atom. The van der Waals surface area contributed by atoms with Crippen LogP contribution in [-0.4, -0.2) is 51.4 Å². The van der Waals surface area contributed by atoms with Crippen LogP contribution in [0.15, 0.2) is 0 Å². The lowest BCUT2D eigenvalue weighted by atomic mass is 10.1. The minimum absolute atomic E-state index is 0.246. The second-order valence-corrected chi connectivity index (χ2v) is 3.95. The zero-order chi connectivity index (χ0) is 15.6. The van der Waals surface area contributed by atoms with Gasteiger partial charge in [0, 0.05) is 0 Å². The first-order valence-electron chi connectivity index (χ1n) is 5.54. The van der Waals surface area contributed by atoms with Gasteiger partial charge >= 0.3 is 17.9 Å². The van der Waals surface area contributed by atoms with E-state index in [1.165, 1.54) is 6.92 Å². The zero-order valence-electron chi connectivity index (χ0n) is 10.7. The minimum atomic E-state index is -1.08. The van der Waals surface area contributed by atoms with Crippen molar-refractivity contribution in [2.24, 2.45) is 17.2 Å². The summed E-state index contributed by atoms with van der Waals surface area (Å²) < 4.78 is 0. The molecule has 0 saturated carbocycles. The van der Waals surface area contributed by atoms with Gasteiger partial charge in [-0.2, -0.15) is 0 Å². The number of aliphatic carboxylic acids is 3. The van der Waals surface area contributed by atoms with Crippen LogP contribution in [-0.2, 0) is 14.4 Å². The maximum Gasteiger partial charge on any atom is 0.320 e. The molecule has 0 radical (unpaired) electrons. The molecule has 0 spiro atoms. The molecule has 0 aromatic heterocycles. The van der Waals surface area contributed by atoms with Gasteiger partial charge in [0.25, 0.3) is 0 Å². The van der Waals surface area contributed by atoms with Crippen molar-refractivity contribution in [3.8, 4) is 0 Å². The van der Waals surface area contributed by atoms with Gasteiger partial charge in [0.05, 0.1) is 0 Å². The Morgan fingerprint density at radius 2 is 1.11 bits per heavy atom. The molecule has 0 unspecified atom stereocenters. The van der Waals surface area contributed by atoms with Gasteiger partial charge in [0.15, 0.2) is 0 Å². The highest BCUT2D eigenvalue weighted by Crippen LogP contribution is 2.01. The van der Waals surface area contributed by atoms with Gasteiger partial charge in [-0.15, -0.1) is 0 Å². The molecule has 112 valence electrons. The summed E-state index contributed by atoms with van der Waals surface area (Å²) in [5.41, 5.74) is 15.2.